The summed E-state index contributed by atoms with van der Waals surface area (Å²) in [5, 5.41) is 3.75. The van der Waals surface area contributed by atoms with Gasteiger partial charge in [0.25, 0.3) is 0 Å². The maximum absolute atomic E-state index is 5.81. The molecule has 3 rings (SSSR count). The molecule has 0 aromatic carbocycles. The summed E-state index contributed by atoms with van der Waals surface area (Å²) in [6, 6.07) is 0.880. The van der Waals surface area contributed by atoms with Crippen molar-refractivity contribution in [2.24, 2.45) is 11.3 Å². The molecule has 3 nitrogen and oxygen atoms in total. The highest BCUT2D eigenvalue weighted by Crippen LogP contribution is 2.39. The third kappa shape index (κ3) is 3.80. The lowest BCUT2D eigenvalue weighted by molar-refractivity contribution is 0.0465. The molecule has 122 valence electrons. The van der Waals surface area contributed by atoms with E-state index in [4.69, 9.17) is 4.74 Å². The van der Waals surface area contributed by atoms with Gasteiger partial charge in [-0.1, -0.05) is 6.42 Å². The average molecular weight is 294 g/mol. The molecule has 3 heteroatoms. The van der Waals surface area contributed by atoms with Gasteiger partial charge < -0.3 is 10.1 Å². The van der Waals surface area contributed by atoms with Crippen LogP contribution in [0, 0.1) is 11.3 Å². The van der Waals surface area contributed by atoms with Gasteiger partial charge in [-0.2, -0.15) is 0 Å². The zero-order valence-electron chi connectivity index (χ0n) is 14.3. The highest BCUT2D eigenvalue weighted by molar-refractivity contribution is 4.96. The minimum atomic E-state index is 0.202. The van der Waals surface area contributed by atoms with Crippen LogP contribution < -0.4 is 5.32 Å². The number of hydrogen-bond acceptors (Lipinski definition) is 3. The second-order valence-electron chi connectivity index (χ2n) is 8.78. The Hall–Kier alpha value is -0.120. The number of fused-ring (bicyclic) bond motifs is 1. The number of rotatable bonds is 4. The summed E-state index contributed by atoms with van der Waals surface area (Å²) in [6.07, 6.45) is 8.48. The highest BCUT2D eigenvalue weighted by Gasteiger charge is 2.42. The lowest BCUT2D eigenvalue weighted by atomic mass is 9.83. The molecule has 3 atom stereocenters. The Balaban J connectivity index is 1.64. The van der Waals surface area contributed by atoms with E-state index in [0.717, 1.165) is 31.7 Å². The summed E-state index contributed by atoms with van der Waals surface area (Å²) in [5.41, 5.74) is 0.547. The van der Waals surface area contributed by atoms with Gasteiger partial charge in [0.05, 0.1) is 6.61 Å². The monoisotopic (exact) mass is 294 g/mol. The maximum atomic E-state index is 5.81. The molecule has 2 aliphatic heterocycles. The van der Waals surface area contributed by atoms with Gasteiger partial charge in [0.15, 0.2) is 0 Å². The number of ether oxygens (including phenoxy) is 1. The van der Waals surface area contributed by atoms with Crippen LogP contribution in [0.4, 0.5) is 0 Å². The first-order valence-corrected chi connectivity index (χ1v) is 9.04. The van der Waals surface area contributed by atoms with Crippen LogP contribution in [0.5, 0.6) is 0 Å². The minimum Gasteiger partial charge on any atom is -0.381 e. The van der Waals surface area contributed by atoms with Crippen LogP contribution in [0.3, 0.4) is 0 Å². The molecule has 0 bridgehead atoms. The molecule has 0 aromatic rings. The first-order valence-electron chi connectivity index (χ1n) is 9.04. The second kappa shape index (κ2) is 6.17. The van der Waals surface area contributed by atoms with Crippen molar-refractivity contribution in [3.05, 3.63) is 0 Å². The average Bonchev–Trinajstić information content (AvgIpc) is 3.05. The Morgan fingerprint density at radius 1 is 1.19 bits per heavy atom. The summed E-state index contributed by atoms with van der Waals surface area (Å²) in [5.74, 6) is 0.994. The van der Waals surface area contributed by atoms with E-state index in [1.165, 1.54) is 51.6 Å². The SMILES string of the molecule is CC(C)(C)NCC1(CN2CCCC3CCCC32)CCOC1. The summed E-state index contributed by atoms with van der Waals surface area (Å²) in [6.45, 7) is 12.4. The van der Waals surface area contributed by atoms with Gasteiger partial charge in [-0.3, -0.25) is 4.90 Å². The third-order valence-electron chi connectivity index (χ3n) is 5.83. The van der Waals surface area contributed by atoms with Crippen LogP contribution >= 0.6 is 0 Å². The number of nitrogens with zero attached hydrogens (tertiary/aromatic N) is 1. The minimum absolute atomic E-state index is 0.202. The van der Waals surface area contributed by atoms with Gasteiger partial charge in [0.2, 0.25) is 0 Å². The van der Waals surface area contributed by atoms with E-state index >= 15 is 0 Å². The summed E-state index contributed by atoms with van der Waals surface area (Å²) < 4.78 is 5.81. The molecular formula is C18H34N2O. The van der Waals surface area contributed by atoms with Crippen molar-refractivity contribution in [2.75, 3.05) is 32.8 Å². The van der Waals surface area contributed by atoms with Gasteiger partial charge >= 0.3 is 0 Å². The van der Waals surface area contributed by atoms with E-state index in [-0.39, 0.29) is 5.54 Å². The zero-order chi connectivity index (χ0) is 14.9. The van der Waals surface area contributed by atoms with Crippen molar-refractivity contribution in [1.82, 2.24) is 10.2 Å². The van der Waals surface area contributed by atoms with E-state index in [0.29, 0.717) is 5.41 Å². The first kappa shape index (κ1) is 15.8. The molecule has 21 heavy (non-hydrogen) atoms. The quantitative estimate of drug-likeness (QED) is 0.862. The van der Waals surface area contributed by atoms with E-state index in [2.05, 4.69) is 31.0 Å². The smallest absolute Gasteiger partial charge is 0.0547 e. The molecule has 1 saturated carbocycles. The molecule has 3 fully saturated rings. The lowest BCUT2D eigenvalue weighted by Crippen LogP contribution is -2.53. The standard InChI is InChI=1S/C18H34N2O/c1-17(2,3)19-12-18(9-11-21-14-18)13-20-10-5-7-15-6-4-8-16(15)20/h15-16,19H,4-14H2,1-3H3. The van der Waals surface area contributed by atoms with Crippen molar-refractivity contribution in [1.29, 1.82) is 0 Å². The molecule has 1 aliphatic carbocycles. The van der Waals surface area contributed by atoms with Gasteiger partial charge in [0.1, 0.15) is 0 Å². The molecular weight excluding hydrogens is 260 g/mol. The normalized spacial score (nSPS) is 37.9. The highest BCUT2D eigenvalue weighted by atomic mass is 16.5. The Labute approximate surface area is 130 Å². The van der Waals surface area contributed by atoms with Crippen LogP contribution in [-0.2, 0) is 4.74 Å². The number of nitrogens with one attached hydrogen (secondary N) is 1. The van der Waals surface area contributed by atoms with Crippen molar-refractivity contribution < 1.29 is 4.74 Å². The molecule has 2 saturated heterocycles. The third-order valence-corrected chi connectivity index (χ3v) is 5.83. The lowest BCUT2D eigenvalue weighted by Gasteiger charge is -2.43. The van der Waals surface area contributed by atoms with Crippen molar-refractivity contribution in [3.8, 4) is 0 Å². The van der Waals surface area contributed by atoms with Crippen molar-refractivity contribution in [2.45, 2.75) is 70.9 Å². The Morgan fingerprint density at radius 2 is 2.00 bits per heavy atom. The number of likely N-dealkylation sites (tertiary alicyclic amines) is 1. The number of piperidine rings is 1. The Bertz CT molecular complexity index is 344. The largest absolute Gasteiger partial charge is 0.381 e. The topological polar surface area (TPSA) is 24.5 Å². The van der Waals surface area contributed by atoms with Crippen LogP contribution in [0.1, 0.15) is 59.3 Å². The fourth-order valence-corrected chi connectivity index (χ4v) is 4.61. The van der Waals surface area contributed by atoms with Crippen LogP contribution in [0.15, 0.2) is 0 Å². The maximum Gasteiger partial charge on any atom is 0.0547 e. The second-order valence-corrected chi connectivity index (χ2v) is 8.78. The fourth-order valence-electron chi connectivity index (χ4n) is 4.61. The van der Waals surface area contributed by atoms with Gasteiger partial charge in [0, 0.05) is 36.7 Å². The van der Waals surface area contributed by atoms with Crippen LogP contribution in [-0.4, -0.2) is 49.3 Å². The first-order chi connectivity index (χ1) is 9.98. The van der Waals surface area contributed by atoms with E-state index in [1.54, 1.807) is 0 Å². The fraction of sp³-hybridized carbons (Fsp3) is 1.00. The molecule has 3 unspecified atom stereocenters. The molecule has 0 amide bonds. The van der Waals surface area contributed by atoms with Crippen molar-refractivity contribution in [3.63, 3.8) is 0 Å². The zero-order valence-corrected chi connectivity index (χ0v) is 14.3. The number of hydrogen-bond donors (Lipinski definition) is 1. The summed E-state index contributed by atoms with van der Waals surface area (Å²) in [7, 11) is 0. The summed E-state index contributed by atoms with van der Waals surface area (Å²) in [4.78, 5) is 2.83. The molecule has 0 radical (unpaired) electrons. The molecule has 3 aliphatic rings. The molecule has 1 N–H and O–H groups in total. The Morgan fingerprint density at radius 3 is 2.71 bits per heavy atom. The van der Waals surface area contributed by atoms with Crippen molar-refractivity contribution >= 4 is 0 Å². The van der Waals surface area contributed by atoms with E-state index in [9.17, 15) is 0 Å². The van der Waals surface area contributed by atoms with Gasteiger partial charge in [-0.25, -0.2) is 0 Å². The van der Waals surface area contributed by atoms with E-state index < -0.39 is 0 Å². The van der Waals surface area contributed by atoms with Gasteiger partial charge in [-0.05, 0) is 65.3 Å². The van der Waals surface area contributed by atoms with Crippen LogP contribution in [0.25, 0.3) is 0 Å². The van der Waals surface area contributed by atoms with Crippen LogP contribution in [0.2, 0.25) is 0 Å². The Kier molecular flexibility index (Phi) is 4.63. The summed E-state index contributed by atoms with van der Waals surface area (Å²) >= 11 is 0. The molecule has 2 heterocycles. The molecule has 0 spiro atoms. The molecule has 0 aromatic heterocycles. The predicted octanol–water partition coefficient (Wildman–Crippen LogP) is 3.05. The van der Waals surface area contributed by atoms with E-state index in [1.807, 2.05) is 0 Å². The predicted molar refractivity (Wildman–Crippen MR) is 87.6 cm³/mol. The van der Waals surface area contributed by atoms with Gasteiger partial charge in [-0.15, -0.1) is 0 Å².